The highest BCUT2D eigenvalue weighted by molar-refractivity contribution is 6.32. The fourth-order valence-corrected chi connectivity index (χ4v) is 3.76. The lowest BCUT2D eigenvalue weighted by Gasteiger charge is -2.23. The van der Waals surface area contributed by atoms with Crippen LogP contribution in [0.2, 0.25) is 5.02 Å². The molecule has 2 N–H and O–H groups in total. The second-order valence-electron chi connectivity index (χ2n) is 7.06. The van der Waals surface area contributed by atoms with Gasteiger partial charge in [0.1, 0.15) is 5.02 Å². The van der Waals surface area contributed by atoms with Crippen LogP contribution in [-0.4, -0.2) is 51.9 Å². The van der Waals surface area contributed by atoms with E-state index in [-0.39, 0.29) is 16.6 Å². The summed E-state index contributed by atoms with van der Waals surface area (Å²) >= 11 is 6.16. The van der Waals surface area contributed by atoms with Gasteiger partial charge >= 0.3 is 5.97 Å². The Morgan fingerprint density at radius 2 is 1.93 bits per heavy atom. The molecule has 0 unspecified atom stereocenters. The van der Waals surface area contributed by atoms with Crippen molar-refractivity contribution in [2.45, 2.75) is 24.8 Å². The van der Waals surface area contributed by atoms with Gasteiger partial charge in [0.15, 0.2) is 0 Å². The van der Waals surface area contributed by atoms with Crippen LogP contribution in [0, 0.1) is 0 Å². The topological polar surface area (TPSA) is 87.5 Å². The van der Waals surface area contributed by atoms with Gasteiger partial charge in [-0.1, -0.05) is 23.7 Å². The van der Waals surface area contributed by atoms with Crippen molar-refractivity contribution in [3.8, 4) is 0 Å². The van der Waals surface area contributed by atoms with Crippen molar-refractivity contribution >= 4 is 23.3 Å². The third kappa shape index (κ3) is 4.48. The van der Waals surface area contributed by atoms with E-state index in [4.69, 9.17) is 16.7 Å². The normalized spacial score (nSPS) is 20.9. The van der Waals surface area contributed by atoms with E-state index in [0.29, 0.717) is 17.2 Å². The number of carboxylic acids is 1. The summed E-state index contributed by atoms with van der Waals surface area (Å²) in [6.07, 6.45) is 3.43. The minimum absolute atomic E-state index is 0.143. The molecule has 1 aromatic carbocycles. The zero-order valence-electron chi connectivity index (χ0n) is 15.4. The summed E-state index contributed by atoms with van der Waals surface area (Å²) in [6.45, 7) is 1.70. The van der Waals surface area contributed by atoms with Crippen LogP contribution >= 0.6 is 11.6 Å². The molecule has 1 aliphatic heterocycles. The largest absolute Gasteiger partial charge is 0.478 e. The maximum absolute atomic E-state index is 12.0. The third-order valence-corrected chi connectivity index (χ3v) is 5.36. The van der Waals surface area contributed by atoms with E-state index in [9.17, 15) is 9.59 Å². The number of hydrogen-bond donors (Lipinski definition) is 2. The molecule has 1 fully saturated rings. The number of hydrogen-bond acceptors (Lipinski definition) is 5. The molecule has 0 aliphatic carbocycles. The van der Waals surface area contributed by atoms with Crippen LogP contribution < -0.4 is 10.9 Å². The van der Waals surface area contributed by atoms with E-state index < -0.39 is 5.97 Å². The molecule has 2 heterocycles. The molecule has 2 atom stereocenters. The highest BCUT2D eigenvalue weighted by Crippen LogP contribution is 2.28. The maximum Gasteiger partial charge on any atom is 0.335 e. The van der Waals surface area contributed by atoms with Gasteiger partial charge in [-0.15, -0.1) is 0 Å². The molecule has 3 rings (SSSR count). The van der Waals surface area contributed by atoms with Gasteiger partial charge in [-0.05, 0) is 43.5 Å². The molecule has 8 heteroatoms. The highest BCUT2D eigenvalue weighted by atomic mass is 35.5. The van der Waals surface area contributed by atoms with E-state index in [2.05, 4.69) is 22.4 Å². The Hall–Kier alpha value is -2.38. The number of benzene rings is 1. The van der Waals surface area contributed by atoms with Crippen molar-refractivity contribution in [2.24, 2.45) is 7.05 Å². The van der Waals surface area contributed by atoms with E-state index in [1.807, 2.05) is 12.1 Å². The fourth-order valence-electron chi connectivity index (χ4n) is 3.53. The molecule has 27 heavy (non-hydrogen) atoms. The van der Waals surface area contributed by atoms with E-state index in [1.165, 1.54) is 4.68 Å². The van der Waals surface area contributed by atoms with Gasteiger partial charge in [-0.2, -0.15) is 5.10 Å². The van der Waals surface area contributed by atoms with Gasteiger partial charge in [0.05, 0.1) is 17.4 Å². The Bertz CT molecular complexity index is 882. The number of likely N-dealkylation sites (tertiary alicyclic amines) is 1. The van der Waals surface area contributed by atoms with Crippen molar-refractivity contribution < 1.29 is 9.90 Å². The van der Waals surface area contributed by atoms with Crippen LogP contribution in [0.1, 0.15) is 34.7 Å². The zero-order chi connectivity index (χ0) is 19.6. The second-order valence-corrected chi connectivity index (χ2v) is 7.44. The predicted molar refractivity (Wildman–Crippen MR) is 105 cm³/mol. The lowest BCUT2D eigenvalue weighted by Crippen LogP contribution is -2.34. The molecule has 0 spiro atoms. The number of aryl methyl sites for hydroxylation is 1. The second kappa shape index (κ2) is 8.10. The van der Waals surface area contributed by atoms with Crippen molar-refractivity contribution in [1.29, 1.82) is 0 Å². The number of aromatic carboxylic acids is 1. The van der Waals surface area contributed by atoms with Gasteiger partial charge in [0, 0.05) is 26.2 Å². The van der Waals surface area contributed by atoms with Gasteiger partial charge in [-0.25, -0.2) is 9.48 Å². The Morgan fingerprint density at radius 3 is 2.59 bits per heavy atom. The quantitative estimate of drug-likeness (QED) is 0.833. The first kappa shape index (κ1) is 19.4. The molecule has 144 valence electrons. The van der Waals surface area contributed by atoms with Gasteiger partial charge in [0.2, 0.25) is 0 Å². The lowest BCUT2D eigenvalue weighted by atomic mass is 9.93. The predicted octanol–water partition coefficient (Wildman–Crippen LogP) is 2.42. The van der Waals surface area contributed by atoms with Crippen molar-refractivity contribution in [2.75, 3.05) is 25.5 Å². The number of carbonyl (C=O) groups is 1. The number of nitrogens with one attached hydrogen (secondary N) is 1. The smallest absolute Gasteiger partial charge is 0.335 e. The average molecular weight is 391 g/mol. The number of aromatic nitrogens is 2. The van der Waals surface area contributed by atoms with Crippen LogP contribution in [0.15, 0.2) is 35.3 Å². The maximum atomic E-state index is 12.0. The van der Waals surface area contributed by atoms with Crippen molar-refractivity contribution in [3.05, 3.63) is 57.0 Å². The molecular weight excluding hydrogens is 368 g/mol. The number of halogens is 1. The summed E-state index contributed by atoms with van der Waals surface area (Å²) in [4.78, 5) is 25.2. The van der Waals surface area contributed by atoms with Crippen LogP contribution in [0.5, 0.6) is 0 Å². The molecule has 1 saturated heterocycles. The minimum atomic E-state index is -0.914. The molecule has 0 bridgehead atoms. The summed E-state index contributed by atoms with van der Waals surface area (Å²) in [5.41, 5.74) is 1.68. The van der Waals surface area contributed by atoms with E-state index >= 15 is 0 Å². The van der Waals surface area contributed by atoms with Gasteiger partial charge in [-0.3, -0.25) is 4.79 Å². The minimum Gasteiger partial charge on any atom is -0.478 e. The third-order valence-electron chi connectivity index (χ3n) is 4.99. The number of carboxylic acid groups (broad SMARTS) is 1. The first-order valence-corrected chi connectivity index (χ1v) is 9.23. The van der Waals surface area contributed by atoms with Gasteiger partial charge in [0.25, 0.3) is 5.56 Å². The molecule has 7 nitrogen and oxygen atoms in total. The van der Waals surface area contributed by atoms with Crippen molar-refractivity contribution in [1.82, 2.24) is 14.7 Å². The van der Waals surface area contributed by atoms with Crippen molar-refractivity contribution in [3.63, 3.8) is 0 Å². The first-order valence-electron chi connectivity index (χ1n) is 8.85. The SMILES string of the molecule is CN1C[C@H](Nc2cnn(C)c(=O)c2Cl)CC[C@H](c2ccc(C(=O)O)cc2)C1. The van der Waals surface area contributed by atoms with Crippen LogP contribution in [-0.2, 0) is 7.05 Å². The Balaban J connectivity index is 1.71. The number of rotatable bonds is 4. The average Bonchev–Trinajstić information content (AvgIpc) is 2.83. The molecule has 2 aromatic rings. The fraction of sp³-hybridized carbons (Fsp3) is 0.421. The standard InChI is InChI=1S/C19H23ClN4O3/c1-23-10-14(12-3-5-13(6-4-12)19(26)27)7-8-15(11-23)22-16-9-21-24(2)18(25)17(16)20/h3-6,9,14-15,22H,7-8,10-11H2,1-2H3,(H,26,27)/t14-,15+/m0/s1. The lowest BCUT2D eigenvalue weighted by molar-refractivity contribution is 0.0697. The molecule has 0 radical (unpaired) electrons. The Morgan fingerprint density at radius 1 is 1.22 bits per heavy atom. The molecule has 0 amide bonds. The summed E-state index contributed by atoms with van der Waals surface area (Å²) < 4.78 is 1.21. The number of likely N-dealkylation sites (N-methyl/N-ethyl adjacent to an activating group) is 1. The summed E-state index contributed by atoms with van der Waals surface area (Å²) in [5, 5.41) is 16.6. The van der Waals surface area contributed by atoms with E-state index in [1.54, 1.807) is 25.4 Å². The summed E-state index contributed by atoms with van der Waals surface area (Å²) in [5.74, 6) is -0.592. The number of nitrogens with zero attached hydrogens (tertiary/aromatic N) is 3. The first-order chi connectivity index (χ1) is 12.8. The Labute approximate surface area is 162 Å². The Kier molecular flexibility index (Phi) is 5.82. The summed E-state index contributed by atoms with van der Waals surface area (Å²) in [6, 6.07) is 7.26. The van der Waals surface area contributed by atoms with Gasteiger partial charge < -0.3 is 15.3 Å². The van der Waals surface area contributed by atoms with Crippen LogP contribution in [0.25, 0.3) is 0 Å². The number of anilines is 1. The highest BCUT2D eigenvalue weighted by Gasteiger charge is 2.24. The van der Waals surface area contributed by atoms with Crippen LogP contribution in [0.3, 0.4) is 0 Å². The summed E-state index contributed by atoms with van der Waals surface area (Å²) in [7, 11) is 3.63. The monoisotopic (exact) mass is 390 g/mol. The molecule has 0 saturated carbocycles. The van der Waals surface area contributed by atoms with Crippen LogP contribution in [0.4, 0.5) is 5.69 Å². The zero-order valence-corrected chi connectivity index (χ0v) is 16.1. The molecular formula is C19H23ClN4O3. The van der Waals surface area contributed by atoms with E-state index in [0.717, 1.165) is 31.5 Å². The molecule has 1 aromatic heterocycles. The molecule has 1 aliphatic rings.